The van der Waals surface area contributed by atoms with Crippen LogP contribution in [-0.2, 0) is 16.0 Å². The van der Waals surface area contributed by atoms with Gasteiger partial charge in [-0.05, 0) is 38.0 Å². The molecular weight excluding hydrogens is 246 g/mol. The first-order chi connectivity index (χ1) is 8.71. The molecular formula is C14H17NO2S. The zero-order chi connectivity index (χ0) is 13.4. The molecule has 1 rings (SSSR count). The van der Waals surface area contributed by atoms with E-state index in [1.54, 1.807) is 24.3 Å². The molecule has 96 valence electrons. The van der Waals surface area contributed by atoms with Crippen LogP contribution in [0.3, 0.4) is 0 Å². The van der Waals surface area contributed by atoms with Crippen LogP contribution in [-0.4, -0.2) is 12.6 Å². The molecule has 0 fully saturated rings. The van der Waals surface area contributed by atoms with E-state index in [4.69, 9.17) is 10.00 Å². The topological polar surface area (TPSA) is 50.1 Å². The Morgan fingerprint density at radius 3 is 2.89 bits per heavy atom. The van der Waals surface area contributed by atoms with Gasteiger partial charge in [0.15, 0.2) is 0 Å². The van der Waals surface area contributed by atoms with Gasteiger partial charge in [0.25, 0.3) is 0 Å². The molecule has 0 saturated carbocycles. The number of thiophene rings is 1. The largest absolute Gasteiger partial charge is 0.462 e. The summed E-state index contributed by atoms with van der Waals surface area (Å²) in [5, 5.41) is 8.92. The van der Waals surface area contributed by atoms with Crippen molar-refractivity contribution in [3.05, 3.63) is 27.5 Å². The molecule has 0 aliphatic carbocycles. The monoisotopic (exact) mass is 263 g/mol. The average Bonchev–Trinajstić information content (AvgIpc) is 2.81. The molecule has 0 aliphatic rings. The van der Waals surface area contributed by atoms with E-state index in [0.717, 1.165) is 24.1 Å². The van der Waals surface area contributed by atoms with E-state index in [2.05, 4.69) is 6.92 Å². The predicted molar refractivity (Wildman–Crippen MR) is 73.2 cm³/mol. The van der Waals surface area contributed by atoms with Gasteiger partial charge in [0, 0.05) is 9.75 Å². The molecule has 1 aromatic heterocycles. The van der Waals surface area contributed by atoms with Crippen molar-refractivity contribution in [2.24, 2.45) is 0 Å². The molecule has 3 nitrogen and oxygen atoms in total. The Kier molecular flexibility index (Phi) is 6.16. The third kappa shape index (κ3) is 4.34. The van der Waals surface area contributed by atoms with E-state index in [9.17, 15) is 4.79 Å². The fourth-order valence-electron chi connectivity index (χ4n) is 1.45. The number of nitriles is 1. The Labute approximate surface area is 112 Å². The molecule has 1 aromatic rings. The van der Waals surface area contributed by atoms with Crippen LogP contribution >= 0.6 is 11.3 Å². The van der Waals surface area contributed by atoms with Crippen LogP contribution in [0.15, 0.2) is 17.7 Å². The van der Waals surface area contributed by atoms with Crippen molar-refractivity contribution in [3.63, 3.8) is 0 Å². The molecule has 0 aromatic carbocycles. The van der Waals surface area contributed by atoms with Crippen LogP contribution < -0.4 is 0 Å². The van der Waals surface area contributed by atoms with Gasteiger partial charge in [0.2, 0.25) is 0 Å². The Morgan fingerprint density at radius 2 is 2.28 bits per heavy atom. The molecule has 18 heavy (non-hydrogen) atoms. The van der Waals surface area contributed by atoms with Gasteiger partial charge in [-0.3, -0.25) is 0 Å². The van der Waals surface area contributed by atoms with E-state index in [-0.39, 0.29) is 12.2 Å². The van der Waals surface area contributed by atoms with Crippen LogP contribution in [0.4, 0.5) is 0 Å². The van der Waals surface area contributed by atoms with Crippen LogP contribution in [0, 0.1) is 11.3 Å². The van der Waals surface area contributed by atoms with Gasteiger partial charge in [-0.25, -0.2) is 4.79 Å². The number of nitrogens with zero attached hydrogens (tertiary/aromatic N) is 1. The van der Waals surface area contributed by atoms with Gasteiger partial charge in [-0.1, -0.05) is 13.3 Å². The van der Waals surface area contributed by atoms with E-state index in [1.165, 1.54) is 4.88 Å². The fourth-order valence-corrected chi connectivity index (χ4v) is 2.44. The first kappa shape index (κ1) is 14.5. The molecule has 0 amide bonds. The molecule has 0 radical (unpaired) electrons. The molecule has 0 bridgehead atoms. The minimum atomic E-state index is -0.552. The van der Waals surface area contributed by atoms with Gasteiger partial charge in [0.05, 0.1) is 6.61 Å². The van der Waals surface area contributed by atoms with Crippen molar-refractivity contribution in [3.8, 4) is 6.07 Å². The van der Waals surface area contributed by atoms with Crippen molar-refractivity contribution >= 4 is 23.4 Å². The van der Waals surface area contributed by atoms with Crippen LogP contribution in [0.1, 0.15) is 36.4 Å². The van der Waals surface area contributed by atoms with E-state index >= 15 is 0 Å². The maximum atomic E-state index is 11.4. The summed E-state index contributed by atoms with van der Waals surface area (Å²) in [7, 11) is 0. The molecule has 0 atom stereocenters. The molecule has 1 heterocycles. The molecule has 0 N–H and O–H groups in total. The highest BCUT2D eigenvalue weighted by atomic mass is 32.1. The second kappa shape index (κ2) is 7.67. The van der Waals surface area contributed by atoms with Crippen molar-refractivity contribution in [1.29, 1.82) is 5.26 Å². The first-order valence-electron chi connectivity index (χ1n) is 6.08. The lowest BCUT2D eigenvalue weighted by atomic mass is 10.2. The number of hydrogen-bond acceptors (Lipinski definition) is 4. The van der Waals surface area contributed by atoms with Gasteiger partial charge in [-0.15, -0.1) is 11.3 Å². The van der Waals surface area contributed by atoms with Gasteiger partial charge < -0.3 is 4.74 Å². The van der Waals surface area contributed by atoms with Crippen LogP contribution in [0.5, 0.6) is 0 Å². The SMILES string of the molecule is CCCCc1ccc(C=C(C#N)C(=O)OCC)s1. The quantitative estimate of drug-likeness (QED) is 0.448. The number of hydrogen-bond donors (Lipinski definition) is 0. The highest BCUT2D eigenvalue weighted by Gasteiger charge is 2.10. The zero-order valence-electron chi connectivity index (χ0n) is 10.7. The molecule has 0 spiro atoms. The molecule has 0 unspecified atom stereocenters. The number of aryl methyl sites for hydroxylation is 1. The summed E-state index contributed by atoms with van der Waals surface area (Å²) in [6, 6.07) is 5.87. The van der Waals surface area contributed by atoms with E-state index in [0.29, 0.717) is 0 Å². The van der Waals surface area contributed by atoms with Gasteiger partial charge in [-0.2, -0.15) is 5.26 Å². The van der Waals surface area contributed by atoms with Crippen molar-refractivity contribution in [2.45, 2.75) is 33.1 Å². The molecule has 0 saturated heterocycles. The number of rotatable bonds is 6. The van der Waals surface area contributed by atoms with E-state index < -0.39 is 5.97 Å². The summed E-state index contributed by atoms with van der Waals surface area (Å²) < 4.78 is 4.81. The lowest BCUT2D eigenvalue weighted by Gasteiger charge is -1.98. The van der Waals surface area contributed by atoms with Gasteiger partial charge >= 0.3 is 5.97 Å². The number of carbonyl (C=O) groups is 1. The first-order valence-corrected chi connectivity index (χ1v) is 6.90. The minimum Gasteiger partial charge on any atom is -0.462 e. The summed E-state index contributed by atoms with van der Waals surface area (Å²) in [5.74, 6) is -0.552. The number of ether oxygens (including phenoxy) is 1. The lowest BCUT2D eigenvalue weighted by Crippen LogP contribution is -2.05. The summed E-state index contributed by atoms with van der Waals surface area (Å²) >= 11 is 1.62. The Hall–Kier alpha value is -1.60. The Morgan fingerprint density at radius 1 is 1.50 bits per heavy atom. The third-order valence-electron chi connectivity index (χ3n) is 2.36. The second-order valence-corrected chi connectivity index (χ2v) is 5.00. The maximum Gasteiger partial charge on any atom is 0.348 e. The fraction of sp³-hybridized carbons (Fsp3) is 0.429. The van der Waals surface area contributed by atoms with Crippen molar-refractivity contribution < 1.29 is 9.53 Å². The Balaban J connectivity index is 2.77. The summed E-state index contributed by atoms with van der Waals surface area (Å²) in [4.78, 5) is 13.7. The zero-order valence-corrected chi connectivity index (χ0v) is 11.5. The standard InChI is InChI=1S/C14H17NO2S/c1-3-5-6-12-7-8-13(18-12)9-11(10-15)14(16)17-4-2/h7-9H,3-6H2,1-2H3. The van der Waals surface area contributed by atoms with Crippen molar-refractivity contribution in [2.75, 3.05) is 6.61 Å². The van der Waals surface area contributed by atoms with Crippen molar-refractivity contribution in [1.82, 2.24) is 0 Å². The molecule has 4 heteroatoms. The third-order valence-corrected chi connectivity index (χ3v) is 3.45. The number of esters is 1. The highest BCUT2D eigenvalue weighted by molar-refractivity contribution is 7.12. The maximum absolute atomic E-state index is 11.4. The summed E-state index contributed by atoms with van der Waals surface area (Å²) in [6.45, 7) is 4.16. The molecule has 0 aliphatic heterocycles. The summed E-state index contributed by atoms with van der Waals surface area (Å²) in [5.41, 5.74) is 0.0562. The minimum absolute atomic E-state index is 0.0562. The predicted octanol–water partition coefficient (Wildman–Crippen LogP) is 3.56. The smallest absolute Gasteiger partial charge is 0.348 e. The summed E-state index contributed by atoms with van der Waals surface area (Å²) in [6.07, 6.45) is 4.97. The Bertz CT molecular complexity index is 468. The second-order valence-electron chi connectivity index (χ2n) is 3.80. The van der Waals surface area contributed by atoms with Gasteiger partial charge in [0.1, 0.15) is 11.6 Å². The average molecular weight is 263 g/mol. The van der Waals surface area contributed by atoms with E-state index in [1.807, 2.05) is 18.2 Å². The van der Waals surface area contributed by atoms with Crippen LogP contribution in [0.25, 0.3) is 6.08 Å². The van der Waals surface area contributed by atoms with Crippen LogP contribution in [0.2, 0.25) is 0 Å². The lowest BCUT2D eigenvalue weighted by molar-refractivity contribution is -0.137. The number of unbranched alkanes of at least 4 members (excludes halogenated alkanes) is 1. The highest BCUT2D eigenvalue weighted by Crippen LogP contribution is 2.21. The normalized spacial score (nSPS) is 11.1. The number of carbonyl (C=O) groups excluding carboxylic acids is 1.